The molecule has 0 aromatic carbocycles. The maximum absolute atomic E-state index is 5.99. The number of rotatable bonds is 3. The van der Waals surface area contributed by atoms with E-state index in [2.05, 4.69) is 25.7 Å². The van der Waals surface area contributed by atoms with Gasteiger partial charge in [0, 0.05) is 18.1 Å². The average molecular weight is 184 g/mol. The fourth-order valence-electron chi connectivity index (χ4n) is 2.55. The van der Waals surface area contributed by atoms with E-state index < -0.39 is 0 Å². The SMILES string of the molecule is CCN(C(C)C)C1CCCC(N)C1. The van der Waals surface area contributed by atoms with E-state index in [0.717, 1.165) is 12.6 Å². The molecule has 0 bridgehead atoms. The molecule has 0 amide bonds. The maximum Gasteiger partial charge on any atom is 0.0113 e. The quantitative estimate of drug-likeness (QED) is 0.727. The number of hydrogen-bond acceptors (Lipinski definition) is 2. The largest absolute Gasteiger partial charge is 0.328 e. The lowest BCUT2D eigenvalue weighted by Gasteiger charge is -2.38. The smallest absolute Gasteiger partial charge is 0.0113 e. The average Bonchev–Trinajstić information content (AvgIpc) is 2.04. The van der Waals surface area contributed by atoms with Crippen molar-refractivity contribution in [2.45, 2.75) is 64.6 Å². The van der Waals surface area contributed by atoms with E-state index in [1.54, 1.807) is 0 Å². The Labute approximate surface area is 82.5 Å². The molecule has 0 aromatic rings. The molecule has 1 aliphatic rings. The van der Waals surface area contributed by atoms with E-state index in [1.165, 1.54) is 25.7 Å². The topological polar surface area (TPSA) is 29.3 Å². The Morgan fingerprint density at radius 2 is 2.08 bits per heavy atom. The Balaban J connectivity index is 2.47. The van der Waals surface area contributed by atoms with Crippen molar-refractivity contribution in [1.29, 1.82) is 0 Å². The van der Waals surface area contributed by atoms with Crippen molar-refractivity contribution < 1.29 is 0 Å². The highest BCUT2D eigenvalue weighted by atomic mass is 15.2. The van der Waals surface area contributed by atoms with E-state index in [9.17, 15) is 0 Å². The molecule has 0 spiro atoms. The highest BCUT2D eigenvalue weighted by Crippen LogP contribution is 2.23. The van der Waals surface area contributed by atoms with Crippen LogP contribution in [0.2, 0.25) is 0 Å². The molecule has 2 unspecified atom stereocenters. The molecule has 1 saturated carbocycles. The van der Waals surface area contributed by atoms with Crippen molar-refractivity contribution in [2.75, 3.05) is 6.54 Å². The monoisotopic (exact) mass is 184 g/mol. The molecule has 2 N–H and O–H groups in total. The van der Waals surface area contributed by atoms with Gasteiger partial charge in [0.15, 0.2) is 0 Å². The second-order valence-corrected chi connectivity index (χ2v) is 4.50. The van der Waals surface area contributed by atoms with Crippen molar-refractivity contribution in [3.05, 3.63) is 0 Å². The van der Waals surface area contributed by atoms with Gasteiger partial charge in [-0.15, -0.1) is 0 Å². The van der Waals surface area contributed by atoms with Crippen LogP contribution in [0.4, 0.5) is 0 Å². The van der Waals surface area contributed by atoms with Gasteiger partial charge in [-0.05, 0) is 39.7 Å². The highest BCUT2D eigenvalue weighted by Gasteiger charge is 2.25. The molecule has 0 radical (unpaired) electrons. The van der Waals surface area contributed by atoms with Crippen LogP contribution in [0.1, 0.15) is 46.5 Å². The fourth-order valence-corrected chi connectivity index (χ4v) is 2.55. The molecular weight excluding hydrogens is 160 g/mol. The van der Waals surface area contributed by atoms with Gasteiger partial charge < -0.3 is 5.73 Å². The van der Waals surface area contributed by atoms with E-state index in [1.807, 2.05) is 0 Å². The lowest BCUT2D eigenvalue weighted by molar-refractivity contribution is 0.121. The van der Waals surface area contributed by atoms with Gasteiger partial charge in [-0.3, -0.25) is 4.90 Å². The van der Waals surface area contributed by atoms with Crippen LogP contribution in [0.15, 0.2) is 0 Å². The minimum absolute atomic E-state index is 0.451. The normalized spacial score (nSPS) is 30.0. The number of nitrogens with two attached hydrogens (primary N) is 1. The second-order valence-electron chi connectivity index (χ2n) is 4.50. The molecule has 78 valence electrons. The van der Waals surface area contributed by atoms with Crippen LogP contribution in [0.3, 0.4) is 0 Å². The maximum atomic E-state index is 5.99. The van der Waals surface area contributed by atoms with E-state index in [4.69, 9.17) is 5.73 Å². The van der Waals surface area contributed by atoms with Crippen molar-refractivity contribution in [1.82, 2.24) is 4.90 Å². The summed E-state index contributed by atoms with van der Waals surface area (Å²) in [6, 6.07) is 1.86. The summed E-state index contributed by atoms with van der Waals surface area (Å²) in [5.74, 6) is 0. The van der Waals surface area contributed by atoms with Gasteiger partial charge in [0.1, 0.15) is 0 Å². The van der Waals surface area contributed by atoms with E-state index in [-0.39, 0.29) is 0 Å². The molecule has 2 heteroatoms. The first-order valence-corrected chi connectivity index (χ1v) is 5.66. The van der Waals surface area contributed by atoms with Crippen molar-refractivity contribution in [2.24, 2.45) is 5.73 Å². The predicted molar refractivity (Wildman–Crippen MR) is 57.7 cm³/mol. The van der Waals surface area contributed by atoms with Gasteiger partial charge in [0.2, 0.25) is 0 Å². The number of hydrogen-bond donors (Lipinski definition) is 1. The van der Waals surface area contributed by atoms with Crippen LogP contribution in [0.5, 0.6) is 0 Å². The summed E-state index contributed by atoms with van der Waals surface area (Å²) in [5.41, 5.74) is 5.99. The van der Waals surface area contributed by atoms with Crippen molar-refractivity contribution >= 4 is 0 Å². The van der Waals surface area contributed by atoms with Crippen LogP contribution in [-0.2, 0) is 0 Å². The summed E-state index contributed by atoms with van der Waals surface area (Å²) in [6.07, 6.45) is 5.09. The van der Waals surface area contributed by atoms with Gasteiger partial charge in [0.05, 0.1) is 0 Å². The first-order chi connectivity index (χ1) is 6.15. The Morgan fingerprint density at radius 1 is 1.38 bits per heavy atom. The zero-order valence-corrected chi connectivity index (χ0v) is 9.29. The minimum atomic E-state index is 0.451. The van der Waals surface area contributed by atoms with Gasteiger partial charge in [-0.25, -0.2) is 0 Å². The van der Waals surface area contributed by atoms with Crippen LogP contribution >= 0.6 is 0 Å². The summed E-state index contributed by atoms with van der Waals surface area (Å²) >= 11 is 0. The molecule has 0 saturated heterocycles. The zero-order valence-electron chi connectivity index (χ0n) is 9.29. The zero-order chi connectivity index (χ0) is 9.84. The summed E-state index contributed by atoms with van der Waals surface area (Å²) in [7, 11) is 0. The summed E-state index contributed by atoms with van der Waals surface area (Å²) in [5, 5.41) is 0. The van der Waals surface area contributed by atoms with E-state index >= 15 is 0 Å². The van der Waals surface area contributed by atoms with Crippen molar-refractivity contribution in [3.8, 4) is 0 Å². The molecule has 2 atom stereocenters. The van der Waals surface area contributed by atoms with Gasteiger partial charge in [-0.1, -0.05) is 13.3 Å². The third kappa shape index (κ3) is 2.96. The first-order valence-electron chi connectivity index (χ1n) is 5.66. The standard InChI is InChI=1S/C11H24N2/c1-4-13(9(2)3)11-7-5-6-10(12)8-11/h9-11H,4-8,12H2,1-3H3. The molecule has 0 aromatic heterocycles. The van der Waals surface area contributed by atoms with Crippen molar-refractivity contribution in [3.63, 3.8) is 0 Å². The summed E-state index contributed by atoms with van der Waals surface area (Å²) < 4.78 is 0. The van der Waals surface area contributed by atoms with E-state index in [0.29, 0.717) is 12.1 Å². The van der Waals surface area contributed by atoms with Gasteiger partial charge >= 0.3 is 0 Å². The van der Waals surface area contributed by atoms with Gasteiger partial charge in [0.25, 0.3) is 0 Å². The van der Waals surface area contributed by atoms with Crippen LogP contribution in [-0.4, -0.2) is 29.6 Å². The Bertz CT molecular complexity index is 145. The molecular formula is C11H24N2. The lowest BCUT2D eigenvalue weighted by Crippen LogP contribution is -2.45. The van der Waals surface area contributed by atoms with Crippen LogP contribution in [0.25, 0.3) is 0 Å². The third-order valence-electron chi connectivity index (χ3n) is 3.18. The fraction of sp³-hybridized carbons (Fsp3) is 1.00. The van der Waals surface area contributed by atoms with Gasteiger partial charge in [-0.2, -0.15) is 0 Å². The predicted octanol–water partition coefficient (Wildman–Crippen LogP) is 1.99. The Morgan fingerprint density at radius 3 is 2.54 bits per heavy atom. The second kappa shape index (κ2) is 4.97. The third-order valence-corrected chi connectivity index (χ3v) is 3.18. The molecule has 13 heavy (non-hydrogen) atoms. The minimum Gasteiger partial charge on any atom is -0.328 e. The highest BCUT2D eigenvalue weighted by molar-refractivity contribution is 4.83. The molecule has 1 aliphatic carbocycles. The Kier molecular flexibility index (Phi) is 4.20. The number of nitrogens with zero attached hydrogens (tertiary/aromatic N) is 1. The lowest BCUT2D eigenvalue weighted by atomic mass is 9.90. The molecule has 0 heterocycles. The summed E-state index contributed by atoms with van der Waals surface area (Å²) in [6.45, 7) is 7.97. The first kappa shape index (κ1) is 11.0. The molecule has 0 aliphatic heterocycles. The van der Waals surface area contributed by atoms with Crippen LogP contribution < -0.4 is 5.73 Å². The Hall–Kier alpha value is -0.0800. The molecule has 1 fully saturated rings. The molecule has 1 rings (SSSR count). The molecule has 2 nitrogen and oxygen atoms in total. The van der Waals surface area contributed by atoms with Crippen LogP contribution in [0, 0.1) is 0 Å². The summed E-state index contributed by atoms with van der Waals surface area (Å²) in [4.78, 5) is 2.58.